The van der Waals surface area contributed by atoms with Gasteiger partial charge in [-0.15, -0.1) is 22.9 Å². The van der Waals surface area contributed by atoms with Gasteiger partial charge >= 0.3 is 6.09 Å². The van der Waals surface area contributed by atoms with E-state index in [1.165, 1.54) is 23.5 Å². The topological polar surface area (TPSA) is 210 Å². The molecule has 2 N–H and O–H groups in total. The quantitative estimate of drug-likeness (QED) is 0.0250. The van der Waals surface area contributed by atoms with E-state index in [0.717, 1.165) is 53.5 Å². The molecule has 6 heterocycles. The Labute approximate surface area is 441 Å². The van der Waals surface area contributed by atoms with Gasteiger partial charge in [-0.3, -0.25) is 33.7 Å². The molecule has 1 saturated heterocycles. The number of nitrogens with zero attached hydrogens (tertiary/aromatic N) is 4. The number of rotatable bonds is 25. The number of hydrogen-bond acceptors (Lipinski definition) is 13. The van der Waals surface area contributed by atoms with Gasteiger partial charge in [-0.1, -0.05) is 24.3 Å². The fourth-order valence-electron chi connectivity index (χ4n) is 9.61. The zero-order valence-corrected chi connectivity index (χ0v) is 43.3. The third-order valence-electron chi connectivity index (χ3n) is 13.6. The summed E-state index contributed by atoms with van der Waals surface area (Å²) in [6.45, 7) is 6.48. The lowest BCUT2D eigenvalue weighted by Crippen LogP contribution is -2.51. The molecule has 18 nitrogen and oxygen atoms in total. The fraction of sp³-hybridized carbons (Fsp3) is 0.400. The molecular weight excluding hydrogens is 1000 g/mol. The minimum absolute atomic E-state index is 0.0310. The average Bonchev–Trinajstić information content (AvgIpc) is 4.26. The number of anilines is 1. The van der Waals surface area contributed by atoms with E-state index in [4.69, 9.17) is 35.3 Å². The van der Waals surface area contributed by atoms with E-state index in [0.29, 0.717) is 102 Å². The number of fused-ring (bicyclic) bond motifs is 5. The number of nitrogens with one attached hydrogen (secondary N) is 2. The number of ketones is 2. The minimum Gasteiger partial charge on any atom is -0.409 e. The van der Waals surface area contributed by atoms with Crippen molar-refractivity contribution >= 4 is 102 Å². The van der Waals surface area contributed by atoms with Crippen molar-refractivity contribution in [2.75, 3.05) is 103 Å². The molecule has 0 bridgehead atoms. The van der Waals surface area contributed by atoms with E-state index in [1.807, 2.05) is 60.8 Å². The Morgan fingerprint density at radius 2 is 1.37 bits per heavy atom. The third-order valence-corrected chi connectivity index (χ3v) is 15.1. The number of benzene rings is 3. The van der Waals surface area contributed by atoms with Crippen LogP contribution in [0.4, 0.5) is 10.5 Å². The first-order chi connectivity index (χ1) is 36.4. The van der Waals surface area contributed by atoms with E-state index in [9.17, 15) is 33.6 Å². The molecule has 3 aliphatic heterocycles. The fourth-order valence-corrected chi connectivity index (χ4v) is 10.9. The molecule has 0 unspecified atom stereocenters. The number of carbonyl (C=O) groups excluding carboxylic acids is 7. The summed E-state index contributed by atoms with van der Waals surface area (Å²) in [4.78, 5) is 102. The standard InChI is InChI=1S/C55H59ClN6O12S/c1-35-34-75-53-47(31-45-52(51(35)53)39(32-56)33-62(45)54(68)44-30-38-27-36(8-9-42(38)58-44)28-46(64)43-29-37-5-2-3-7-41(37)57-43)74-55(69)60-17-15-59(16-18-60)48(65)13-20-71-22-24-73-26-25-72-23-21-70-19-4-6-40(63)12-14-61-49(66)10-11-50(61)67/h2-3,5,7-11,27,29-31,34,39,57-58H,4,6,12-26,28,32-33H2,1H3/t39-/m1/s1. The predicted molar refractivity (Wildman–Crippen MR) is 283 cm³/mol. The Balaban J connectivity index is 0.683. The number of alkyl halides is 1. The van der Waals surface area contributed by atoms with Crippen molar-refractivity contribution in [2.24, 2.45) is 0 Å². The van der Waals surface area contributed by atoms with Gasteiger partial charge in [0.2, 0.25) is 5.91 Å². The van der Waals surface area contributed by atoms with Crippen molar-refractivity contribution < 1.29 is 57.2 Å². The van der Waals surface area contributed by atoms with Crippen LogP contribution in [0.1, 0.15) is 69.3 Å². The van der Waals surface area contributed by atoms with Crippen LogP contribution in [0.2, 0.25) is 0 Å². The van der Waals surface area contributed by atoms with E-state index < -0.39 is 6.09 Å². The number of hydrogen-bond donors (Lipinski definition) is 2. The van der Waals surface area contributed by atoms with Crippen LogP contribution in [-0.4, -0.2) is 164 Å². The molecule has 1 fully saturated rings. The normalized spacial score (nSPS) is 15.6. The highest BCUT2D eigenvalue weighted by Gasteiger charge is 2.37. The average molecular weight is 1060 g/mol. The molecule has 1 atom stereocenters. The zero-order chi connectivity index (χ0) is 52.4. The highest BCUT2D eigenvalue weighted by atomic mass is 35.5. The van der Waals surface area contributed by atoms with Gasteiger partial charge < -0.3 is 48.4 Å². The molecular formula is C55H59ClN6O12S. The van der Waals surface area contributed by atoms with Crippen molar-refractivity contribution in [2.45, 2.75) is 44.9 Å². The number of para-hydroxylation sites is 1. The Morgan fingerprint density at radius 3 is 2.09 bits per heavy atom. The summed E-state index contributed by atoms with van der Waals surface area (Å²) in [5.74, 6) is -0.695. The summed E-state index contributed by atoms with van der Waals surface area (Å²) < 4.78 is 29.1. The van der Waals surface area contributed by atoms with Crippen LogP contribution in [0, 0.1) is 6.92 Å². The molecule has 9 rings (SSSR count). The number of H-pyrrole nitrogens is 2. The molecule has 0 radical (unpaired) electrons. The second-order valence-corrected chi connectivity index (χ2v) is 19.8. The van der Waals surface area contributed by atoms with Crippen LogP contribution >= 0.6 is 22.9 Å². The summed E-state index contributed by atoms with van der Waals surface area (Å²) in [6.07, 6.45) is 3.23. The number of aromatic nitrogens is 2. The Bertz CT molecular complexity index is 3090. The first-order valence-corrected chi connectivity index (χ1v) is 26.6. The van der Waals surface area contributed by atoms with Crippen LogP contribution < -0.4 is 9.64 Å². The van der Waals surface area contributed by atoms with Crippen molar-refractivity contribution in [1.29, 1.82) is 0 Å². The van der Waals surface area contributed by atoms with Gasteiger partial charge in [0, 0.05) is 122 Å². The molecule has 3 aliphatic rings. The second kappa shape index (κ2) is 24.7. The smallest absolute Gasteiger partial charge is 0.409 e. The van der Waals surface area contributed by atoms with Gasteiger partial charge in [0.15, 0.2) is 11.5 Å². The molecule has 3 aromatic heterocycles. The molecule has 3 aromatic carbocycles. The maximum absolute atomic E-state index is 14.5. The largest absolute Gasteiger partial charge is 0.415 e. The second-order valence-electron chi connectivity index (χ2n) is 18.7. The van der Waals surface area contributed by atoms with Crippen molar-refractivity contribution in [3.05, 3.63) is 106 Å². The molecule has 394 valence electrons. The number of imide groups is 1. The van der Waals surface area contributed by atoms with E-state index >= 15 is 0 Å². The number of halogens is 1. The summed E-state index contributed by atoms with van der Waals surface area (Å²) in [5, 5.41) is 4.71. The first kappa shape index (κ1) is 53.1. The number of aromatic amines is 2. The highest BCUT2D eigenvalue weighted by molar-refractivity contribution is 7.17. The summed E-state index contributed by atoms with van der Waals surface area (Å²) in [5.41, 5.74) is 5.98. The first-order valence-electron chi connectivity index (χ1n) is 25.2. The van der Waals surface area contributed by atoms with Gasteiger partial charge in [0.25, 0.3) is 17.7 Å². The third kappa shape index (κ3) is 12.7. The highest BCUT2D eigenvalue weighted by Crippen LogP contribution is 2.49. The molecule has 0 aliphatic carbocycles. The van der Waals surface area contributed by atoms with Gasteiger partial charge in [-0.05, 0) is 65.7 Å². The number of aryl methyl sites for hydroxylation is 1. The maximum Gasteiger partial charge on any atom is 0.415 e. The number of piperazine rings is 1. The van der Waals surface area contributed by atoms with Crippen LogP contribution in [0.3, 0.4) is 0 Å². The molecule has 0 saturated carbocycles. The Morgan fingerprint density at radius 1 is 0.720 bits per heavy atom. The summed E-state index contributed by atoms with van der Waals surface area (Å²) >= 11 is 8.07. The number of amides is 5. The lowest BCUT2D eigenvalue weighted by molar-refractivity contribution is -0.137. The van der Waals surface area contributed by atoms with Gasteiger partial charge in [0.1, 0.15) is 11.5 Å². The molecule has 6 aromatic rings. The van der Waals surface area contributed by atoms with Gasteiger partial charge in [0.05, 0.1) is 68.8 Å². The van der Waals surface area contributed by atoms with E-state index in [1.54, 1.807) is 26.8 Å². The lowest BCUT2D eigenvalue weighted by atomic mass is 9.97. The Kier molecular flexibility index (Phi) is 17.5. The summed E-state index contributed by atoms with van der Waals surface area (Å²) in [7, 11) is 0. The van der Waals surface area contributed by atoms with Crippen molar-refractivity contribution in [3.63, 3.8) is 0 Å². The lowest BCUT2D eigenvalue weighted by Gasteiger charge is -2.34. The minimum atomic E-state index is -0.541. The molecule has 20 heteroatoms. The summed E-state index contributed by atoms with van der Waals surface area (Å²) in [6, 6.07) is 18.9. The van der Waals surface area contributed by atoms with Crippen molar-refractivity contribution in [3.8, 4) is 5.75 Å². The van der Waals surface area contributed by atoms with E-state index in [2.05, 4.69) is 9.97 Å². The predicted octanol–water partition coefficient (Wildman–Crippen LogP) is 7.34. The van der Waals surface area contributed by atoms with Crippen LogP contribution in [0.15, 0.2) is 78.2 Å². The number of thiophene rings is 1. The Hall–Kier alpha value is -6.74. The zero-order valence-electron chi connectivity index (χ0n) is 41.7. The molecule has 75 heavy (non-hydrogen) atoms. The SMILES string of the molecule is Cc1csc2c(OC(=O)N3CCN(C(=O)CCOCCOCCOCCOCCCC(=O)CCN4C(=O)C=CC4=O)CC3)cc3c(c12)[C@H](CCl)CN3C(=O)c1cc2cc(CC(=O)c3cc4ccccc4[nH]3)ccc2[nH]1. The maximum atomic E-state index is 14.5. The van der Waals surface area contributed by atoms with E-state index in [-0.39, 0.29) is 92.5 Å². The van der Waals surface area contributed by atoms with Crippen LogP contribution in [-0.2, 0) is 44.5 Å². The van der Waals surface area contributed by atoms with Crippen LogP contribution in [0.5, 0.6) is 5.75 Å². The van der Waals surface area contributed by atoms with Gasteiger partial charge in [-0.2, -0.15) is 0 Å². The molecule has 5 amide bonds. The monoisotopic (exact) mass is 1060 g/mol. The van der Waals surface area contributed by atoms with Crippen molar-refractivity contribution in [1.82, 2.24) is 24.7 Å². The number of ether oxygens (including phenoxy) is 5. The van der Waals surface area contributed by atoms with Gasteiger partial charge in [-0.25, -0.2) is 4.79 Å². The number of carbonyl (C=O) groups is 7. The number of Topliss-reactive ketones (excluding diaryl/α,β-unsaturated/α-hetero) is 2. The van der Waals surface area contributed by atoms with Crippen LogP contribution in [0.25, 0.3) is 31.9 Å². The molecule has 0 spiro atoms.